The summed E-state index contributed by atoms with van der Waals surface area (Å²) in [4.78, 5) is 0. The topological polar surface area (TPSA) is 9.23 Å². The summed E-state index contributed by atoms with van der Waals surface area (Å²) in [6, 6.07) is 5.44. The highest BCUT2D eigenvalue weighted by Crippen LogP contribution is 2.41. The van der Waals surface area contributed by atoms with Crippen LogP contribution in [0, 0.1) is 5.92 Å². The van der Waals surface area contributed by atoms with E-state index < -0.39 is 0 Å². The third-order valence-electron chi connectivity index (χ3n) is 3.07. The van der Waals surface area contributed by atoms with Crippen LogP contribution in [0.5, 0.6) is 0 Å². The molecule has 0 bridgehead atoms. The minimum absolute atomic E-state index is 0.109. The van der Waals surface area contributed by atoms with Gasteiger partial charge in [-0.05, 0) is 31.0 Å². The second-order valence-corrected chi connectivity index (χ2v) is 5.41. The van der Waals surface area contributed by atoms with Crippen LogP contribution in [0.15, 0.2) is 18.2 Å². The predicted octanol–water partition coefficient (Wildman–Crippen LogP) is 4.70. The Morgan fingerprint density at radius 3 is 2.69 bits per heavy atom. The van der Waals surface area contributed by atoms with Crippen molar-refractivity contribution in [3.05, 3.63) is 33.8 Å². The predicted molar refractivity (Wildman–Crippen MR) is 68.6 cm³/mol. The maximum absolute atomic E-state index is 6.46. The first kappa shape index (κ1) is 12.5. The fourth-order valence-corrected chi connectivity index (χ4v) is 3.19. The molecule has 1 aliphatic rings. The average molecular weight is 280 g/mol. The number of ether oxygens (including phenoxy) is 1. The first-order chi connectivity index (χ1) is 7.59. The third-order valence-corrected chi connectivity index (χ3v) is 4.19. The van der Waals surface area contributed by atoms with Crippen molar-refractivity contribution in [2.45, 2.75) is 24.8 Å². The van der Waals surface area contributed by atoms with Crippen molar-refractivity contribution in [2.75, 3.05) is 6.61 Å². The largest absolute Gasteiger partial charge is 0.378 e. The molecule has 0 spiro atoms. The van der Waals surface area contributed by atoms with E-state index in [0.717, 1.165) is 18.6 Å². The first-order valence-corrected chi connectivity index (χ1v) is 6.49. The van der Waals surface area contributed by atoms with Gasteiger partial charge in [0.15, 0.2) is 0 Å². The fraction of sp³-hybridized carbons (Fsp3) is 0.500. The monoisotopic (exact) mass is 278 g/mol. The van der Waals surface area contributed by atoms with Crippen LogP contribution < -0.4 is 0 Å². The van der Waals surface area contributed by atoms with E-state index in [-0.39, 0.29) is 11.5 Å². The first-order valence-electron chi connectivity index (χ1n) is 5.30. The number of halogens is 3. The van der Waals surface area contributed by atoms with Gasteiger partial charge in [0.2, 0.25) is 0 Å². The van der Waals surface area contributed by atoms with E-state index in [0.29, 0.717) is 16.0 Å². The van der Waals surface area contributed by atoms with Gasteiger partial charge in [-0.3, -0.25) is 0 Å². The summed E-state index contributed by atoms with van der Waals surface area (Å²) in [6.45, 7) is 2.83. The van der Waals surface area contributed by atoms with Crippen molar-refractivity contribution in [3.63, 3.8) is 0 Å². The average Bonchev–Trinajstić information content (AvgIpc) is 2.63. The molecular weight excluding hydrogens is 266 g/mol. The lowest BCUT2D eigenvalue weighted by Crippen LogP contribution is -2.16. The normalized spacial score (nSPS) is 27.0. The molecule has 0 N–H and O–H groups in total. The van der Waals surface area contributed by atoms with E-state index in [2.05, 4.69) is 6.92 Å². The molecular formula is C12H13Cl3O. The highest BCUT2D eigenvalue weighted by molar-refractivity contribution is 6.35. The van der Waals surface area contributed by atoms with E-state index >= 15 is 0 Å². The SMILES string of the molecule is CC1OCCC1C(Cl)c1ccc(Cl)cc1Cl. The van der Waals surface area contributed by atoms with Gasteiger partial charge in [-0.25, -0.2) is 0 Å². The molecule has 1 fully saturated rings. The molecule has 0 saturated carbocycles. The quantitative estimate of drug-likeness (QED) is 0.713. The summed E-state index contributed by atoms with van der Waals surface area (Å²) in [6.07, 6.45) is 1.17. The van der Waals surface area contributed by atoms with E-state index in [4.69, 9.17) is 39.5 Å². The van der Waals surface area contributed by atoms with Gasteiger partial charge in [0.1, 0.15) is 0 Å². The summed E-state index contributed by atoms with van der Waals surface area (Å²) in [7, 11) is 0. The number of benzene rings is 1. The highest BCUT2D eigenvalue weighted by Gasteiger charge is 2.32. The molecule has 0 aliphatic carbocycles. The van der Waals surface area contributed by atoms with Crippen LogP contribution in [0.1, 0.15) is 24.3 Å². The Hall–Kier alpha value is 0.0500. The second-order valence-electron chi connectivity index (χ2n) is 4.10. The fourth-order valence-electron chi connectivity index (χ4n) is 2.09. The van der Waals surface area contributed by atoms with Gasteiger partial charge in [0.25, 0.3) is 0 Å². The van der Waals surface area contributed by atoms with Crippen molar-refractivity contribution < 1.29 is 4.74 Å². The van der Waals surface area contributed by atoms with Gasteiger partial charge in [0, 0.05) is 22.6 Å². The Bertz CT molecular complexity index is 381. The molecule has 0 radical (unpaired) electrons. The summed E-state index contributed by atoms with van der Waals surface area (Å²) in [5, 5.41) is 1.15. The standard InChI is InChI=1S/C12H13Cl3O/c1-7-9(4-5-16-7)12(15)10-3-2-8(13)6-11(10)14/h2-3,6-7,9,12H,4-5H2,1H3. The molecule has 0 aromatic heterocycles. The Balaban J connectivity index is 2.23. The van der Waals surface area contributed by atoms with E-state index in [1.165, 1.54) is 0 Å². The van der Waals surface area contributed by atoms with Crippen molar-refractivity contribution in [1.29, 1.82) is 0 Å². The van der Waals surface area contributed by atoms with E-state index in [1.807, 2.05) is 12.1 Å². The molecule has 1 heterocycles. The van der Waals surface area contributed by atoms with Crippen molar-refractivity contribution >= 4 is 34.8 Å². The van der Waals surface area contributed by atoms with Crippen LogP contribution in [0.4, 0.5) is 0 Å². The van der Waals surface area contributed by atoms with Crippen LogP contribution in [0.3, 0.4) is 0 Å². The maximum atomic E-state index is 6.46. The number of hydrogen-bond acceptors (Lipinski definition) is 1. The maximum Gasteiger partial charge on any atom is 0.0653 e. The number of hydrogen-bond donors (Lipinski definition) is 0. The van der Waals surface area contributed by atoms with Gasteiger partial charge in [-0.15, -0.1) is 11.6 Å². The van der Waals surface area contributed by atoms with Crippen LogP contribution in [0.25, 0.3) is 0 Å². The van der Waals surface area contributed by atoms with Crippen LogP contribution in [-0.4, -0.2) is 12.7 Å². The molecule has 1 saturated heterocycles. The molecule has 16 heavy (non-hydrogen) atoms. The third kappa shape index (κ3) is 2.48. The summed E-state index contributed by atoms with van der Waals surface area (Å²) < 4.78 is 5.52. The molecule has 88 valence electrons. The van der Waals surface area contributed by atoms with Gasteiger partial charge < -0.3 is 4.74 Å². The lowest BCUT2D eigenvalue weighted by atomic mass is 9.93. The van der Waals surface area contributed by atoms with E-state index in [9.17, 15) is 0 Å². The lowest BCUT2D eigenvalue weighted by molar-refractivity contribution is 0.105. The molecule has 1 aromatic rings. The molecule has 3 unspecified atom stereocenters. The Morgan fingerprint density at radius 1 is 1.38 bits per heavy atom. The van der Waals surface area contributed by atoms with Gasteiger partial charge in [-0.1, -0.05) is 29.3 Å². The van der Waals surface area contributed by atoms with Crippen molar-refractivity contribution in [1.82, 2.24) is 0 Å². The second kappa shape index (κ2) is 5.14. The molecule has 1 aliphatic heterocycles. The zero-order valence-corrected chi connectivity index (χ0v) is 11.2. The number of alkyl halides is 1. The minimum Gasteiger partial charge on any atom is -0.378 e. The van der Waals surface area contributed by atoms with Crippen molar-refractivity contribution in [2.24, 2.45) is 5.92 Å². The highest BCUT2D eigenvalue weighted by atomic mass is 35.5. The Labute approximate surface area is 111 Å². The number of rotatable bonds is 2. The van der Waals surface area contributed by atoms with Crippen molar-refractivity contribution in [3.8, 4) is 0 Å². The van der Waals surface area contributed by atoms with Gasteiger partial charge >= 0.3 is 0 Å². The molecule has 1 aromatic carbocycles. The van der Waals surface area contributed by atoms with Crippen LogP contribution >= 0.6 is 34.8 Å². The minimum atomic E-state index is -0.109. The van der Waals surface area contributed by atoms with Crippen LogP contribution in [0.2, 0.25) is 10.0 Å². The Kier molecular flexibility index (Phi) is 4.01. The smallest absolute Gasteiger partial charge is 0.0653 e. The summed E-state index contributed by atoms with van der Waals surface area (Å²) in [5.74, 6) is 0.320. The summed E-state index contributed by atoms with van der Waals surface area (Å²) in [5.41, 5.74) is 0.940. The molecule has 1 nitrogen and oxygen atoms in total. The van der Waals surface area contributed by atoms with Crippen LogP contribution in [-0.2, 0) is 4.74 Å². The zero-order valence-electron chi connectivity index (χ0n) is 8.92. The zero-order chi connectivity index (χ0) is 11.7. The molecule has 4 heteroatoms. The van der Waals surface area contributed by atoms with Gasteiger partial charge in [0.05, 0.1) is 11.5 Å². The molecule has 3 atom stereocenters. The van der Waals surface area contributed by atoms with E-state index in [1.54, 1.807) is 6.07 Å². The van der Waals surface area contributed by atoms with Gasteiger partial charge in [-0.2, -0.15) is 0 Å². The molecule has 2 rings (SSSR count). The molecule has 0 amide bonds. The lowest BCUT2D eigenvalue weighted by Gasteiger charge is -2.21. The Morgan fingerprint density at radius 2 is 2.12 bits per heavy atom. The summed E-state index contributed by atoms with van der Waals surface area (Å²) >= 11 is 18.5.